The van der Waals surface area contributed by atoms with Crippen molar-refractivity contribution in [2.75, 3.05) is 25.4 Å². The van der Waals surface area contributed by atoms with Gasteiger partial charge in [-0.2, -0.15) is 0 Å². The van der Waals surface area contributed by atoms with Crippen LogP contribution in [-0.4, -0.2) is 36.3 Å². The lowest BCUT2D eigenvalue weighted by Gasteiger charge is -2.29. The lowest BCUT2D eigenvalue weighted by Crippen LogP contribution is -2.40. The van der Waals surface area contributed by atoms with Crippen LogP contribution in [0.2, 0.25) is 0 Å². The van der Waals surface area contributed by atoms with Crippen molar-refractivity contribution in [1.29, 1.82) is 0 Å². The summed E-state index contributed by atoms with van der Waals surface area (Å²) in [7, 11) is 0. The monoisotopic (exact) mass is 250 g/mol. The molecular weight excluding hydrogens is 228 g/mol. The average molecular weight is 250 g/mol. The Hall–Kier alpha value is -0.510. The largest absolute Gasteiger partial charge is 0.328 e. The Bertz CT molecular complexity index is 329. The molecule has 1 aromatic carbocycles. The van der Waals surface area contributed by atoms with E-state index in [9.17, 15) is 0 Å². The predicted molar refractivity (Wildman–Crippen MR) is 75.6 cm³/mol. The Kier molecular flexibility index (Phi) is 4.89. The number of benzene rings is 1. The second-order valence-corrected chi connectivity index (χ2v) is 6.01. The van der Waals surface area contributed by atoms with E-state index in [4.69, 9.17) is 5.73 Å². The Morgan fingerprint density at radius 3 is 2.53 bits per heavy atom. The van der Waals surface area contributed by atoms with Crippen LogP contribution in [0.5, 0.6) is 0 Å². The van der Waals surface area contributed by atoms with Crippen LogP contribution in [0, 0.1) is 6.92 Å². The molecule has 0 radical (unpaired) electrons. The molecule has 0 aromatic heterocycles. The van der Waals surface area contributed by atoms with Gasteiger partial charge in [0.2, 0.25) is 0 Å². The summed E-state index contributed by atoms with van der Waals surface area (Å²) in [4.78, 5) is 3.91. The maximum absolute atomic E-state index is 5.90. The highest BCUT2D eigenvalue weighted by atomic mass is 32.2. The van der Waals surface area contributed by atoms with Crippen molar-refractivity contribution in [1.82, 2.24) is 4.90 Å². The zero-order chi connectivity index (χ0) is 12.1. The van der Waals surface area contributed by atoms with Crippen LogP contribution >= 0.6 is 11.8 Å². The van der Waals surface area contributed by atoms with Gasteiger partial charge < -0.3 is 10.6 Å². The maximum Gasteiger partial charge on any atom is 0.0108 e. The maximum atomic E-state index is 5.90. The van der Waals surface area contributed by atoms with E-state index in [1.165, 1.54) is 35.8 Å². The summed E-state index contributed by atoms with van der Waals surface area (Å²) in [6, 6.07) is 9.24. The lowest BCUT2D eigenvalue weighted by atomic mass is 10.1. The van der Waals surface area contributed by atoms with Crippen molar-refractivity contribution in [3.8, 4) is 0 Å². The minimum atomic E-state index is 0.441. The highest BCUT2D eigenvalue weighted by Crippen LogP contribution is 2.19. The summed E-state index contributed by atoms with van der Waals surface area (Å²) in [5, 5.41) is 0. The van der Waals surface area contributed by atoms with Crippen molar-refractivity contribution in [2.45, 2.75) is 30.7 Å². The summed E-state index contributed by atoms with van der Waals surface area (Å²) >= 11 is 1.95. The van der Waals surface area contributed by atoms with Crippen molar-refractivity contribution in [3.63, 3.8) is 0 Å². The standard InChI is InChI=1S/C14H22N2S/c1-12-2-4-14(5-3-12)17-11-10-16-8-6-13(15)7-9-16/h2-5,13H,6-11,15H2,1H3. The quantitative estimate of drug-likeness (QED) is 0.833. The van der Waals surface area contributed by atoms with Gasteiger partial charge in [-0.3, -0.25) is 0 Å². The van der Waals surface area contributed by atoms with Crippen LogP contribution in [0.3, 0.4) is 0 Å². The minimum Gasteiger partial charge on any atom is -0.328 e. The molecule has 94 valence electrons. The molecule has 1 fully saturated rings. The van der Waals surface area contributed by atoms with E-state index in [1.54, 1.807) is 0 Å². The van der Waals surface area contributed by atoms with Gasteiger partial charge in [0.1, 0.15) is 0 Å². The van der Waals surface area contributed by atoms with Gasteiger partial charge in [-0.15, -0.1) is 11.8 Å². The topological polar surface area (TPSA) is 29.3 Å². The summed E-state index contributed by atoms with van der Waals surface area (Å²) in [5.41, 5.74) is 7.23. The molecule has 3 heteroatoms. The van der Waals surface area contributed by atoms with Gasteiger partial charge in [0.25, 0.3) is 0 Å². The van der Waals surface area contributed by atoms with Gasteiger partial charge in [-0.05, 0) is 45.0 Å². The molecule has 2 N–H and O–H groups in total. The van der Waals surface area contributed by atoms with E-state index in [1.807, 2.05) is 11.8 Å². The summed E-state index contributed by atoms with van der Waals surface area (Å²) in [6.45, 7) is 5.67. The number of piperidine rings is 1. The molecule has 0 aliphatic carbocycles. The molecule has 2 nitrogen and oxygen atoms in total. The number of nitrogens with zero attached hydrogens (tertiary/aromatic N) is 1. The normalized spacial score (nSPS) is 18.5. The Balaban J connectivity index is 1.67. The third-order valence-corrected chi connectivity index (χ3v) is 4.32. The third kappa shape index (κ3) is 4.34. The first-order valence-corrected chi connectivity index (χ1v) is 7.40. The Morgan fingerprint density at radius 1 is 1.24 bits per heavy atom. The van der Waals surface area contributed by atoms with Crippen LogP contribution in [0.25, 0.3) is 0 Å². The fourth-order valence-electron chi connectivity index (χ4n) is 2.10. The molecule has 0 bridgehead atoms. The predicted octanol–water partition coefficient (Wildman–Crippen LogP) is 2.51. The van der Waals surface area contributed by atoms with Crippen LogP contribution < -0.4 is 5.73 Å². The van der Waals surface area contributed by atoms with Gasteiger partial charge in [-0.25, -0.2) is 0 Å². The van der Waals surface area contributed by atoms with Gasteiger partial charge in [0.15, 0.2) is 0 Å². The van der Waals surface area contributed by atoms with Crippen LogP contribution in [0.4, 0.5) is 0 Å². The van der Waals surface area contributed by atoms with Crippen LogP contribution in [0.15, 0.2) is 29.2 Å². The molecular formula is C14H22N2S. The zero-order valence-corrected chi connectivity index (χ0v) is 11.4. The molecule has 0 unspecified atom stereocenters. The number of likely N-dealkylation sites (tertiary alicyclic amines) is 1. The molecule has 0 atom stereocenters. The lowest BCUT2D eigenvalue weighted by molar-refractivity contribution is 0.225. The summed E-state index contributed by atoms with van der Waals surface area (Å²) in [5.74, 6) is 1.18. The molecule has 1 aliphatic rings. The van der Waals surface area contributed by atoms with E-state index >= 15 is 0 Å². The Labute approximate surface area is 109 Å². The second kappa shape index (κ2) is 6.43. The van der Waals surface area contributed by atoms with Gasteiger partial charge in [0, 0.05) is 23.2 Å². The van der Waals surface area contributed by atoms with E-state index in [-0.39, 0.29) is 0 Å². The van der Waals surface area contributed by atoms with Gasteiger partial charge in [-0.1, -0.05) is 17.7 Å². The van der Waals surface area contributed by atoms with Gasteiger partial charge >= 0.3 is 0 Å². The number of thioether (sulfide) groups is 1. The molecule has 1 aliphatic heterocycles. The average Bonchev–Trinajstić information content (AvgIpc) is 2.34. The first-order chi connectivity index (χ1) is 8.24. The summed E-state index contributed by atoms with van der Waals surface area (Å²) in [6.07, 6.45) is 2.32. The number of hydrogen-bond acceptors (Lipinski definition) is 3. The zero-order valence-electron chi connectivity index (χ0n) is 10.6. The molecule has 0 saturated carbocycles. The number of rotatable bonds is 4. The molecule has 0 amide bonds. The van der Waals surface area contributed by atoms with E-state index < -0.39 is 0 Å². The van der Waals surface area contributed by atoms with E-state index in [2.05, 4.69) is 36.1 Å². The molecule has 0 spiro atoms. The molecule has 17 heavy (non-hydrogen) atoms. The smallest absolute Gasteiger partial charge is 0.0108 e. The highest BCUT2D eigenvalue weighted by Gasteiger charge is 2.15. The van der Waals surface area contributed by atoms with Crippen molar-refractivity contribution in [2.24, 2.45) is 5.73 Å². The Morgan fingerprint density at radius 2 is 1.88 bits per heavy atom. The number of aryl methyl sites for hydroxylation is 1. The third-order valence-electron chi connectivity index (χ3n) is 3.33. The van der Waals surface area contributed by atoms with Crippen molar-refractivity contribution in [3.05, 3.63) is 29.8 Å². The minimum absolute atomic E-state index is 0.441. The highest BCUT2D eigenvalue weighted by molar-refractivity contribution is 7.99. The molecule has 1 heterocycles. The van der Waals surface area contributed by atoms with E-state index in [0.717, 1.165) is 12.8 Å². The van der Waals surface area contributed by atoms with Gasteiger partial charge in [0.05, 0.1) is 0 Å². The first-order valence-electron chi connectivity index (χ1n) is 6.41. The molecule has 1 saturated heterocycles. The fourth-order valence-corrected chi connectivity index (χ4v) is 3.02. The number of hydrogen-bond donors (Lipinski definition) is 1. The van der Waals surface area contributed by atoms with Crippen LogP contribution in [-0.2, 0) is 0 Å². The second-order valence-electron chi connectivity index (χ2n) is 4.84. The molecule has 2 rings (SSSR count). The van der Waals surface area contributed by atoms with Crippen molar-refractivity contribution < 1.29 is 0 Å². The molecule has 1 aromatic rings. The van der Waals surface area contributed by atoms with Crippen molar-refractivity contribution >= 4 is 11.8 Å². The first kappa shape index (κ1) is 12.9. The SMILES string of the molecule is Cc1ccc(SCCN2CCC(N)CC2)cc1. The van der Waals surface area contributed by atoms with Crippen LogP contribution in [0.1, 0.15) is 18.4 Å². The number of nitrogens with two attached hydrogens (primary N) is 1. The summed E-state index contributed by atoms with van der Waals surface area (Å²) < 4.78 is 0. The van der Waals surface area contributed by atoms with E-state index in [0.29, 0.717) is 6.04 Å². The fraction of sp³-hybridized carbons (Fsp3) is 0.571.